The molecule has 0 spiro atoms. The number of benzene rings is 2. The number of rotatable bonds is 8. The predicted octanol–water partition coefficient (Wildman–Crippen LogP) is 3.49. The van der Waals surface area contributed by atoms with Crippen LogP contribution in [0.1, 0.15) is 21.6 Å². The van der Waals surface area contributed by atoms with E-state index in [2.05, 4.69) is 10.3 Å². The van der Waals surface area contributed by atoms with Crippen molar-refractivity contribution in [2.24, 2.45) is 0 Å². The lowest BCUT2D eigenvalue weighted by molar-refractivity contribution is 0.0950. The van der Waals surface area contributed by atoms with Crippen molar-refractivity contribution in [2.75, 3.05) is 14.1 Å². The third-order valence-corrected chi connectivity index (χ3v) is 6.57. The highest BCUT2D eigenvalue weighted by molar-refractivity contribution is 7.89. The first-order valence-corrected chi connectivity index (χ1v) is 11.2. The standard InChI is InChI=1S/C22H22ClN3O4S/c1-26(2)31(28,29)19-9-10-21(23)20(13-19)22(27)25-14-16-6-5-8-18(12-16)30-15-17-7-3-4-11-24-17/h3-13H,14-15H2,1-2H3,(H,25,27). The molecule has 0 aliphatic heterocycles. The summed E-state index contributed by atoms with van der Waals surface area (Å²) in [5.41, 5.74) is 1.72. The number of halogens is 1. The van der Waals surface area contributed by atoms with Crippen LogP contribution in [-0.2, 0) is 23.2 Å². The van der Waals surface area contributed by atoms with Crippen LogP contribution in [-0.4, -0.2) is 37.7 Å². The van der Waals surface area contributed by atoms with Crippen molar-refractivity contribution >= 4 is 27.5 Å². The number of amides is 1. The van der Waals surface area contributed by atoms with Gasteiger partial charge in [-0.2, -0.15) is 0 Å². The normalized spacial score (nSPS) is 11.4. The fraction of sp³-hybridized carbons (Fsp3) is 0.182. The predicted molar refractivity (Wildman–Crippen MR) is 119 cm³/mol. The van der Waals surface area contributed by atoms with Gasteiger partial charge in [0.05, 0.1) is 21.2 Å². The van der Waals surface area contributed by atoms with E-state index in [1.807, 2.05) is 42.5 Å². The average molecular weight is 460 g/mol. The molecule has 1 heterocycles. The van der Waals surface area contributed by atoms with Crippen LogP contribution in [0.2, 0.25) is 5.02 Å². The zero-order valence-corrected chi connectivity index (χ0v) is 18.7. The van der Waals surface area contributed by atoms with Gasteiger partial charge in [-0.1, -0.05) is 29.8 Å². The molecule has 31 heavy (non-hydrogen) atoms. The molecular weight excluding hydrogens is 438 g/mol. The molecule has 0 saturated carbocycles. The highest BCUT2D eigenvalue weighted by atomic mass is 35.5. The number of carbonyl (C=O) groups excluding carboxylic acids is 1. The molecule has 7 nitrogen and oxygen atoms in total. The second-order valence-electron chi connectivity index (χ2n) is 6.87. The van der Waals surface area contributed by atoms with E-state index in [0.717, 1.165) is 15.6 Å². The molecule has 0 bridgehead atoms. The van der Waals surface area contributed by atoms with Gasteiger partial charge in [0.1, 0.15) is 12.4 Å². The minimum Gasteiger partial charge on any atom is -0.487 e. The lowest BCUT2D eigenvalue weighted by Crippen LogP contribution is -2.25. The molecule has 3 rings (SSSR count). The Morgan fingerprint density at radius 1 is 1.10 bits per heavy atom. The molecule has 0 aliphatic carbocycles. The molecule has 0 aliphatic rings. The van der Waals surface area contributed by atoms with Crippen molar-refractivity contribution in [1.82, 2.24) is 14.6 Å². The van der Waals surface area contributed by atoms with E-state index in [9.17, 15) is 13.2 Å². The van der Waals surface area contributed by atoms with E-state index in [1.165, 1.54) is 32.3 Å². The fourth-order valence-corrected chi connectivity index (χ4v) is 3.85. The van der Waals surface area contributed by atoms with E-state index < -0.39 is 15.9 Å². The van der Waals surface area contributed by atoms with Crippen LogP contribution >= 0.6 is 11.6 Å². The number of carbonyl (C=O) groups is 1. The fourth-order valence-electron chi connectivity index (χ4n) is 2.71. The van der Waals surface area contributed by atoms with Crippen LogP contribution in [0.25, 0.3) is 0 Å². The van der Waals surface area contributed by atoms with E-state index in [4.69, 9.17) is 16.3 Å². The Labute approximate surface area is 186 Å². The first kappa shape index (κ1) is 22.7. The first-order chi connectivity index (χ1) is 14.8. The second-order valence-corrected chi connectivity index (χ2v) is 9.43. The van der Waals surface area contributed by atoms with E-state index in [-0.39, 0.29) is 22.0 Å². The highest BCUT2D eigenvalue weighted by Crippen LogP contribution is 2.22. The summed E-state index contributed by atoms with van der Waals surface area (Å²) in [6.07, 6.45) is 1.70. The Bertz CT molecular complexity index is 1170. The summed E-state index contributed by atoms with van der Waals surface area (Å²) >= 11 is 6.13. The van der Waals surface area contributed by atoms with Crippen LogP contribution in [0.4, 0.5) is 0 Å². The summed E-state index contributed by atoms with van der Waals surface area (Å²) in [6.45, 7) is 0.556. The maximum atomic E-state index is 12.6. The van der Waals surface area contributed by atoms with Gasteiger partial charge in [-0.3, -0.25) is 9.78 Å². The van der Waals surface area contributed by atoms with Crippen molar-refractivity contribution in [3.05, 3.63) is 88.7 Å². The quantitative estimate of drug-likeness (QED) is 0.557. The van der Waals surface area contributed by atoms with Gasteiger partial charge in [-0.15, -0.1) is 0 Å². The molecule has 2 aromatic carbocycles. The molecule has 162 valence electrons. The van der Waals surface area contributed by atoms with Gasteiger partial charge < -0.3 is 10.1 Å². The highest BCUT2D eigenvalue weighted by Gasteiger charge is 2.20. The van der Waals surface area contributed by atoms with Gasteiger partial charge in [-0.25, -0.2) is 12.7 Å². The molecule has 0 atom stereocenters. The largest absolute Gasteiger partial charge is 0.487 e. The van der Waals surface area contributed by atoms with Crippen LogP contribution < -0.4 is 10.1 Å². The SMILES string of the molecule is CN(C)S(=O)(=O)c1ccc(Cl)c(C(=O)NCc2cccc(OCc3ccccn3)c2)c1. The summed E-state index contributed by atoms with van der Waals surface area (Å²) in [7, 11) is -0.832. The molecule has 1 amide bonds. The van der Waals surface area contributed by atoms with Crippen LogP contribution in [0.3, 0.4) is 0 Å². The lowest BCUT2D eigenvalue weighted by Gasteiger charge is -2.13. The molecule has 9 heteroatoms. The molecule has 0 unspecified atom stereocenters. The van der Waals surface area contributed by atoms with E-state index in [0.29, 0.717) is 12.4 Å². The van der Waals surface area contributed by atoms with Gasteiger partial charge in [-0.05, 0) is 48.0 Å². The second kappa shape index (κ2) is 9.91. The molecule has 0 saturated heterocycles. The summed E-state index contributed by atoms with van der Waals surface area (Å²) in [5.74, 6) is 0.176. The van der Waals surface area contributed by atoms with Gasteiger partial charge in [0.25, 0.3) is 5.91 Å². The topological polar surface area (TPSA) is 88.6 Å². The molecule has 3 aromatic rings. The Hall–Kier alpha value is -2.94. The summed E-state index contributed by atoms with van der Waals surface area (Å²) in [6, 6.07) is 17.0. The molecule has 0 fully saturated rings. The number of pyridine rings is 1. The van der Waals surface area contributed by atoms with Crippen molar-refractivity contribution in [3.8, 4) is 5.75 Å². The summed E-state index contributed by atoms with van der Waals surface area (Å²) < 4.78 is 31.5. The van der Waals surface area contributed by atoms with Crippen molar-refractivity contribution in [2.45, 2.75) is 18.0 Å². The van der Waals surface area contributed by atoms with Crippen LogP contribution in [0.5, 0.6) is 5.75 Å². The zero-order valence-electron chi connectivity index (χ0n) is 17.1. The number of hydrogen-bond acceptors (Lipinski definition) is 5. The van der Waals surface area contributed by atoms with Crippen molar-refractivity contribution in [3.63, 3.8) is 0 Å². The maximum absolute atomic E-state index is 12.6. The number of aromatic nitrogens is 1. The Morgan fingerprint density at radius 3 is 2.61 bits per heavy atom. The molecule has 1 N–H and O–H groups in total. The molecular formula is C22H22ClN3O4S. The number of nitrogens with one attached hydrogen (secondary N) is 1. The van der Waals surface area contributed by atoms with Crippen molar-refractivity contribution < 1.29 is 17.9 Å². The lowest BCUT2D eigenvalue weighted by atomic mass is 10.2. The zero-order chi connectivity index (χ0) is 22.4. The summed E-state index contributed by atoms with van der Waals surface area (Å²) in [5, 5.41) is 2.93. The van der Waals surface area contributed by atoms with Gasteiger partial charge in [0, 0.05) is 26.8 Å². The van der Waals surface area contributed by atoms with E-state index >= 15 is 0 Å². The monoisotopic (exact) mass is 459 g/mol. The summed E-state index contributed by atoms with van der Waals surface area (Å²) in [4.78, 5) is 16.8. The van der Waals surface area contributed by atoms with Gasteiger partial charge in [0.2, 0.25) is 10.0 Å². The van der Waals surface area contributed by atoms with Gasteiger partial charge >= 0.3 is 0 Å². The number of nitrogens with zero attached hydrogens (tertiary/aromatic N) is 2. The van der Waals surface area contributed by atoms with Gasteiger partial charge in [0.15, 0.2) is 0 Å². The minimum absolute atomic E-state index is 0.00281. The Morgan fingerprint density at radius 2 is 1.90 bits per heavy atom. The van der Waals surface area contributed by atoms with Crippen LogP contribution in [0, 0.1) is 0 Å². The smallest absolute Gasteiger partial charge is 0.253 e. The molecule has 1 aromatic heterocycles. The Balaban J connectivity index is 1.67. The number of ether oxygens (including phenoxy) is 1. The van der Waals surface area contributed by atoms with Crippen molar-refractivity contribution in [1.29, 1.82) is 0 Å². The third-order valence-electron chi connectivity index (χ3n) is 4.43. The first-order valence-electron chi connectivity index (χ1n) is 9.39. The number of hydrogen-bond donors (Lipinski definition) is 1. The molecule has 0 radical (unpaired) electrons. The maximum Gasteiger partial charge on any atom is 0.253 e. The van der Waals surface area contributed by atoms with E-state index in [1.54, 1.807) is 6.20 Å². The number of sulfonamides is 1. The minimum atomic E-state index is -3.68. The third kappa shape index (κ3) is 5.81. The Kier molecular flexibility index (Phi) is 7.27. The van der Waals surface area contributed by atoms with Crippen LogP contribution in [0.15, 0.2) is 71.8 Å². The average Bonchev–Trinajstić information content (AvgIpc) is 2.77.